The quantitative estimate of drug-likeness (QED) is 0.346. The third kappa shape index (κ3) is 15.9. The molecule has 0 fully saturated rings. The molecular weight excluding hydrogens is 254 g/mol. The van der Waals surface area contributed by atoms with Crippen LogP contribution in [0.15, 0.2) is 0 Å². The SMILES string of the molecule is CCCCCCCCCCOC(N)OCCOCCC. The molecule has 0 aromatic heterocycles. The summed E-state index contributed by atoms with van der Waals surface area (Å²) in [6.45, 7) is 6.88. The van der Waals surface area contributed by atoms with Gasteiger partial charge in [-0.25, -0.2) is 0 Å². The van der Waals surface area contributed by atoms with Crippen LogP contribution < -0.4 is 5.73 Å². The summed E-state index contributed by atoms with van der Waals surface area (Å²) in [5, 5.41) is 0. The lowest BCUT2D eigenvalue weighted by molar-refractivity contribution is -0.147. The van der Waals surface area contributed by atoms with E-state index in [1.165, 1.54) is 44.9 Å². The average molecular weight is 289 g/mol. The largest absolute Gasteiger partial charge is 0.379 e. The standard InChI is InChI=1S/C16H35NO3/c1-3-5-6-7-8-9-10-11-13-19-16(17)20-15-14-18-12-4-2/h16H,3-15,17H2,1-2H3. The zero-order chi connectivity index (χ0) is 14.9. The molecule has 0 rings (SSSR count). The molecule has 0 aliphatic carbocycles. The van der Waals surface area contributed by atoms with E-state index in [0.29, 0.717) is 19.8 Å². The normalized spacial score (nSPS) is 12.8. The van der Waals surface area contributed by atoms with Gasteiger partial charge in [0.2, 0.25) is 6.41 Å². The van der Waals surface area contributed by atoms with Crippen LogP contribution in [-0.2, 0) is 14.2 Å². The van der Waals surface area contributed by atoms with Gasteiger partial charge in [0.25, 0.3) is 0 Å². The van der Waals surface area contributed by atoms with E-state index in [0.717, 1.165) is 19.4 Å². The summed E-state index contributed by atoms with van der Waals surface area (Å²) in [5.74, 6) is 0. The van der Waals surface area contributed by atoms with Gasteiger partial charge in [0.1, 0.15) is 0 Å². The van der Waals surface area contributed by atoms with Crippen molar-refractivity contribution in [3.05, 3.63) is 0 Å². The molecule has 2 N–H and O–H groups in total. The van der Waals surface area contributed by atoms with Gasteiger partial charge in [-0.3, -0.25) is 5.73 Å². The Bertz CT molecular complexity index is 179. The first kappa shape index (κ1) is 19.8. The van der Waals surface area contributed by atoms with E-state index in [1.54, 1.807) is 0 Å². The number of ether oxygens (including phenoxy) is 3. The van der Waals surface area contributed by atoms with Crippen LogP contribution in [0.2, 0.25) is 0 Å². The molecule has 0 spiro atoms. The van der Waals surface area contributed by atoms with Crippen LogP contribution in [0.4, 0.5) is 0 Å². The molecule has 0 aliphatic heterocycles. The third-order valence-corrected chi connectivity index (χ3v) is 3.14. The maximum absolute atomic E-state index is 5.68. The molecule has 0 aromatic carbocycles. The van der Waals surface area contributed by atoms with Crippen molar-refractivity contribution in [3.63, 3.8) is 0 Å². The molecule has 20 heavy (non-hydrogen) atoms. The Hall–Kier alpha value is -0.160. The zero-order valence-electron chi connectivity index (χ0n) is 13.6. The molecule has 4 heteroatoms. The molecule has 0 saturated heterocycles. The summed E-state index contributed by atoms with van der Waals surface area (Å²) in [7, 11) is 0. The highest BCUT2D eigenvalue weighted by Gasteiger charge is 2.01. The summed E-state index contributed by atoms with van der Waals surface area (Å²) < 4.78 is 16.0. The minimum absolute atomic E-state index is 0.499. The Morgan fingerprint density at radius 2 is 1.25 bits per heavy atom. The maximum atomic E-state index is 5.68. The van der Waals surface area contributed by atoms with Gasteiger partial charge in [0, 0.05) is 6.61 Å². The Balaban J connectivity index is 3.09. The topological polar surface area (TPSA) is 53.7 Å². The highest BCUT2D eigenvalue weighted by atomic mass is 16.7. The predicted molar refractivity (Wildman–Crippen MR) is 83.6 cm³/mol. The van der Waals surface area contributed by atoms with E-state index in [2.05, 4.69) is 13.8 Å². The lowest BCUT2D eigenvalue weighted by Gasteiger charge is -2.13. The third-order valence-electron chi connectivity index (χ3n) is 3.14. The molecule has 1 unspecified atom stereocenters. The van der Waals surface area contributed by atoms with E-state index in [1.807, 2.05) is 0 Å². The highest BCUT2D eigenvalue weighted by molar-refractivity contribution is 4.46. The van der Waals surface area contributed by atoms with Gasteiger partial charge in [-0.05, 0) is 12.8 Å². The van der Waals surface area contributed by atoms with Crippen molar-refractivity contribution in [2.24, 2.45) is 5.73 Å². The van der Waals surface area contributed by atoms with Gasteiger partial charge < -0.3 is 14.2 Å². The first-order valence-corrected chi connectivity index (χ1v) is 8.37. The lowest BCUT2D eigenvalue weighted by Crippen LogP contribution is -2.29. The van der Waals surface area contributed by atoms with Crippen molar-refractivity contribution in [1.82, 2.24) is 0 Å². The predicted octanol–water partition coefficient (Wildman–Crippen LogP) is 3.83. The van der Waals surface area contributed by atoms with Crippen LogP contribution in [0.5, 0.6) is 0 Å². The molecule has 0 amide bonds. The fourth-order valence-corrected chi connectivity index (χ4v) is 1.95. The summed E-state index contributed by atoms with van der Waals surface area (Å²) in [4.78, 5) is 0. The first-order chi connectivity index (χ1) is 9.81. The van der Waals surface area contributed by atoms with E-state index < -0.39 is 6.41 Å². The van der Waals surface area contributed by atoms with Crippen LogP contribution in [-0.4, -0.2) is 32.8 Å². The van der Waals surface area contributed by atoms with Crippen LogP contribution in [0.3, 0.4) is 0 Å². The summed E-state index contributed by atoms with van der Waals surface area (Å²) in [6.07, 6.45) is 10.8. The van der Waals surface area contributed by atoms with Gasteiger partial charge in [-0.15, -0.1) is 0 Å². The Labute approximate surface area is 125 Å². The number of nitrogens with two attached hydrogens (primary N) is 1. The van der Waals surface area contributed by atoms with Crippen molar-refractivity contribution in [2.75, 3.05) is 26.4 Å². The Kier molecular flexibility index (Phi) is 16.8. The molecule has 0 heterocycles. The van der Waals surface area contributed by atoms with Crippen molar-refractivity contribution in [3.8, 4) is 0 Å². The van der Waals surface area contributed by atoms with Gasteiger partial charge in [-0.1, -0.05) is 58.8 Å². The second-order valence-electron chi connectivity index (χ2n) is 5.20. The van der Waals surface area contributed by atoms with Gasteiger partial charge in [0.15, 0.2) is 0 Å². The monoisotopic (exact) mass is 289 g/mol. The molecule has 4 nitrogen and oxygen atoms in total. The average Bonchev–Trinajstić information content (AvgIpc) is 2.45. The van der Waals surface area contributed by atoms with Crippen LogP contribution in [0, 0.1) is 0 Å². The Morgan fingerprint density at radius 1 is 0.650 bits per heavy atom. The van der Waals surface area contributed by atoms with E-state index in [9.17, 15) is 0 Å². The zero-order valence-corrected chi connectivity index (χ0v) is 13.6. The number of unbranched alkanes of at least 4 members (excludes halogenated alkanes) is 7. The number of rotatable bonds is 16. The van der Waals surface area contributed by atoms with Gasteiger partial charge in [-0.2, -0.15) is 0 Å². The first-order valence-electron chi connectivity index (χ1n) is 8.37. The maximum Gasteiger partial charge on any atom is 0.213 e. The van der Waals surface area contributed by atoms with Gasteiger partial charge >= 0.3 is 0 Å². The van der Waals surface area contributed by atoms with Crippen molar-refractivity contribution in [1.29, 1.82) is 0 Å². The van der Waals surface area contributed by atoms with Crippen molar-refractivity contribution < 1.29 is 14.2 Å². The van der Waals surface area contributed by atoms with Gasteiger partial charge in [0.05, 0.1) is 19.8 Å². The fraction of sp³-hybridized carbons (Fsp3) is 1.00. The van der Waals surface area contributed by atoms with E-state index in [-0.39, 0.29) is 0 Å². The number of hydrogen-bond donors (Lipinski definition) is 1. The molecular formula is C16H35NO3. The molecule has 0 aliphatic rings. The van der Waals surface area contributed by atoms with Crippen LogP contribution in [0.25, 0.3) is 0 Å². The minimum atomic E-state index is -0.607. The van der Waals surface area contributed by atoms with Crippen molar-refractivity contribution >= 4 is 0 Å². The molecule has 0 aromatic rings. The molecule has 0 saturated carbocycles. The Morgan fingerprint density at radius 3 is 1.90 bits per heavy atom. The second kappa shape index (κ2) is 16.9. The summed E-state index contributed by atoms with van der Waals surface area (Å²) in [6, 6.07) is 0. The summed E-state index contributed by atoms with van der Waals surface area (Å²) in [5.41, 5.74) is 5.68. The number of hydrogen-bond acceptors (Lipinski definition) is 4. The lowest BCUT2D eigenvalue weighted by atomic mass is 10.1. The van der Waals surface area contributed by atoms with E-state index >= 15 is 0 Å². The minimum Gasteiger partial charge on any atom is -0.379 e. The molecule has 0 radical (unpaired) electrons. The van der Waals surface area contributed by atoms with Crippen LogP contribution >= 0.6 is 0 Å². The summed E-state index contributed by atoms with van der Waals surface area (Å²) >= 11 is 0. The smallest absolute Gasteiger partial charge is 0.213 e. The highest BCUT2D eigenvalue weighted by Crippen LogP contribution is 2.08. The molecule has 0 bridgehead atoms. The molecule has 1 atom stereocenters. The second-order valence-corrected chi connectivity index (χ2v) is 5.20. The fourth-order valence-electron chi connectivity index (χ4n) is 1.95. The van der Waals surface area contributed by atoms with Crippen LogP contribution in [0.1, 0.15) is 71.6 Å². The molecule has 122 valence electrons. The van der Waals surface area contributed by atoms with E-state index in [4.69, 9.17) is 19.9 Å². The van der Waals surface area contributed by atoms with Crippen molar-refractivity contribution in [2.45, 2.75) is 78.0 Å².